The van der Waals surface area contributed by atoms with Crippen LogP contribution in [0, 0.1) is 0 Å². The topological polar surface area (TPSA) is 80.9 Å². The molecule has 0 bridgehead atoms. The summed E-state index contributed by atoms with van der Waals surface area (Å²) in [4.78, 5) is 0. The first-order valence-corrected chi connectivity index (χ1v) is 5.95. The number of aromatic hydroxyl groups is 4. The standard InChI is InChI=1S/C10H8O2.C6H6O2.H4Si/c11-8-4-5-9-7(6-8)2-1-3-10(9)12;7-5-2-1-3-6(8)4-5;/h1-6,11-12H;1-4,7-8H;1H4. The minimum Gasteiger partial charge on any atom is -0.508 e. The van der Waals surface area contributed by atoms with Crippen LogP contribution >= 0.6 is 0 Å². The third-order valence-electron chi connectivity index (χ3n) is 2.67. The summed E-state index contributed by atoms with van der Waals surface area (Å²) in [6.45, 7) is 0. The van der Waals surface area contributed by atoms with E-state index < -0.39 is 0 Å². The van der Waals surface area contributed by atoms with E-state index >= 15 is 0 Å². The van der Waals surface area contributed by atoms with Gasteiger partial charge in [0.2, 0.25) is 0 Å². The van der Waals surface area contributed by atoms with Gasteiger partial charge in [-0.1, -0.05) is 18.2 Å². The molecule has 5 heteroatoms. The molecule has 4 N–H and O–H groups in total. The van der Waals surface area contributed by atoms with Crippen LogP contribution in [-0.2, 0) is 0 Å². The van der Waals surface area contributed by atoms with E-state index in [1.807, 2.05) is 6.07 Å². The van der Waals surface area contributed by atoms with E-state index in [0.717, 1.165) is 10.8 Å². The zero-order valence-electron chi connectivity index (χ0n) is 10.6. The number of benzene rings is 3. The Morgan fingerprint density at radius 1 is 0.571 bits per heavy atom. The molecule has 0 amide bonds. The Kier molecular flexibility index (Phi) is 5.63. The number of rotatable bonds is 0. The molecule has 4 nitrogen and oxygen atoms in total. The Balaban J connectivity index is 0.000000216. The second kappa shape index (κ2) is 7.21. The zero-order chi connectivity index (χ0) is 14.5. The lowest BCUT2D eigenvalue weighted by molar-refractivity contribution is 0.450. The molecule has 0 fully saturated rings. The minimum absolute atomic E-state index is 0. The molecular formula is C16H18O4Si. The number of hydrogen-bond acceptors (Lipinski definition) is 4. The molecule has 0 aliphatic heterocycles. The highest BCUT2D eigenvalue weighted by molar-refractivity contribution is 5.88. The van der Waals surface area contributed by atoms with Crippen LogP contribution in [0.1, 0.15) is 0 Å². The van der Waals surface area contributed by atoms with Crippen molar-refractivity contribution in [1.82, 2.24) is 0 Å². The molecule has 0 atom stereocenters. The second-order valence-corrected chi connectivity index (χ2v) is 4.20. The fourth-order valence-electron chi connectivity index (χ4n) is 1.75. The molecule has 21 heavy (non-hydrogen) atoms. The van der Waals surface area contributed by atoms with Crippen molar-refractivity contribution in [3.05, 3.63) is 60.7 Å². The maximum absolute atomic E-state index is 9.38. The summed E-state index contributed by atoms with van der Waals surface area (Å²) < 4.78 is 0. The summed E-state index contributed by atoms with van der Waals surface area (Å²) in [6.07, 6.45) is 0. The second-order valence-electron chi connectivity index (χ2n) is 4.20. The highest BCUT2D eigenvalue weighted by Gasteiger charge is 1.98. The van der Waals surface area contributed by atoms with Gasteiger partial charge in [0.1, 0.15) is 23.0 Å². The molecule has 0 aliphatic rings. The highest BCUT2D eigenvalue weighted by Crippen LogP contribution is 2.26. The Hall–Kier alpha value is -2.66. The predicted molar refractivity (Wildman–Crippen MR) is 88.4 cm³/mol. The van der Waals surface area contributed by atoms with Gasteiger partial charge in [-0.3, -0.25) is 0 Å². The third-order valence-corrected chi connectivity index (χ3v) is 2.67. The maximum Gasteiger partial charge on any atom is 0.123 e. The van der Waals surface area contributed by atoms with Gasteiger partial charge in [0.15, 0.2) is 0 Å². The van der Waals surface area contributed by atoms with E-state index in [9.17, 15) is 5.11 Å². The fourth-order valence-corrected chi connectivity index (χ4v) is 1.75. The summed E-state index contributed by atoms with van der Waals surface area (Å²) >= 11 is 0. The molecule has 3 rings (SSSR count). The molecule has 0 aromatic heterocycles. The van der Waals surface area contributed by atoms with Gasteiger partial charge in [0.05, 0.1) is 0 Å². The van der Waals surface area contributed by atoms with Crippen molar-refractivity contribution in [2.45, 2.75) is 0 Å². The molecule has 3 aromatic rings. The molecule has 3 aromatic carbocycles. The predicted octanol–water partition coefficient (Wildman–Crippen LogP) is 1.90. The molecular weight excluding hydrogens is 284 g/mol. The maximum atomic E-state index is 9.38. The van der Waals surface area contributed by atoms with Crippen molar-refractivity contribution in [2.75, 3.05) is 0 Å². The normalized spacial score (nSPS) is 9.33. The monoisotopic (exact) mass is 302 g/mol. The average Bonchev–Trinajstić information content (AvgIpc) is 2.39. The van der Waals surface area contributed by atoms with E-state index in [1.54, 1.807) is 36.4 Å². The number of fused-ring (bicyclic) bond motifs is 1. The van der Waals surface area contributed by atoms with Gasteiger partial charge in [-0.2, -0.15) is 0 Å². The van der Waals surface area contributed by atoms with Crippen LogP contribution in [0.2, 0.25) is 0 Å². The SMILES string of the molecule is Oc1ccc2c(O)cccc2c1.Oc1cccc(O)c1.[SiH4]. The summed E-state index contributed by atoms with van der Waals surface area (Å²) in [5.74, 6) is 0.635. The van der Waals surface area contributed by atoms with Crippen LogP contribution < -0.4 is 0 Å². The Bertz CT molecular complexity index is 711. The fraction of sp³-hybridized carbons (Fsp3) is 0. The minimum atomic E-state index is 0. The van der Waals surface area contributed by atoms with Crippen molar-refractivity contribution < 1.29 is 20.4 Å². The van der Waals surface area contributed by atoms with Crippen LogP contribution in [0.3, 0.4) is 0 Å². The van der Waals surface area contributed by atoms with Crippen LogP contribution in [-0.4, -0.2) is 31.4 Å². The van der Waals surface area contributed by atoms with Crippen molar-refractivity contribution in [2.24, 2.45) is 0 Å². The first-order chi connectivity index (χ1) is 9.56. The number of hydrogen-bond donors (Lipinski definition) is 4. The van der Waals surface area contributed by atoms with E-state index in [4.69, 9.17) is 15.3 Å². The van der Waals surface area contributed by atoms with Crippen LogP contribution in [0.15, 0.2) is 60.7 Å². The number of phenolic OH excluding ortho intramolecular Hbond substituents is 4. The van der Waals surface area contributed by atoms with Crippen LogP contribution in [0.25, 0.3) is 10.8 Å². The first-order valence-electron chi connectivity index (χ1n) is 5.95. The highest BCUT2D eigenvalue weighted by atomic mass is 28.1. The summed E-state index contributed by atoms with van der Waals surface area (Å²) in [6, 6.07) is 15.9. The van der Waals surface area contributed by atoms with E-state index in [0.29, 0.717) is 0 Å². The lowest BCUT2D eigenvalue weighted by Crippen LogP contribution is -1.72. The van der Waals surface area contributed by atoms with Gasteiger partial charge in [-0.05, 0) is 52.7 Å². The molecule has 0 radical (unpaired) electrons. The Morgan fingerprint density at radius 3 is 1.71 bits per heavy atom. The molecule has 0 saturated carbocycles. The lowest BCUT2D eigenvalue weighted by Gasteiger charge is -1.99. The van der Waals surface area contributed by atoms with Gasteiger partial charge in [0.25, 0.3) is 0 Å². The van der Waals surface area contributed by atoms with Gasteiger partial charge < -0.3 is 20.4 Å². The van der Waals surface area contributed by atoms with E-state index in [2.05, 4.69) is 0 Å². The first kappa shape index (κ1) is 16.4. The van der Waals surface area contributed by atoms with Gasteiger partial charge >= 0.3 is 0 Å². The summed E-state index contributed by atoms with van der Waals surface area (Å²) in [5, 5.41) is 37.4. The molecule has 0 spiro atoms. The summed E-state index contributed by atoms with van der Waals surface area (Å²) in [5.41, 5.74) is 0. The molecule has 0 aliphatic carbocycles. The molecule has 110 valence electrons. The largest absolute Gasteiger partial charge is 0.508 e. The lowest BCUT2D eigenvalue weighted by atomic mass is 10.1. The van der Waals surface area contributed by atoms with Gasteiger partial charge in [0, 0.05) is 11.5 Å². The molecule has 0 heterocycles. The van der Waals surface area contributed by atoms with Crippen molar-refractivity contribution >= 4 is 21.7 Å². The Labute approximate surface area is 126 Å². The third kappa shape index (κ3) is 4.43. The van der Waals surface area contributed by atoms with E-state index in [-0.39, 0.29) is 34.0 Å². The molecule has 0 saturated heterocycles. The summed E-state index contributed by atoms with van der Waals surface area (Å²) in [7, 11) is 0. The van der Waals surface area contributed by atoms with Crippen LogP contribution in [0.4, 0.5) is 0 Å². The molecule has 0 unspecified atom stereocenters. The quantitative estimate of drug-likeness (QED) is 0.478. The van der Waals surface area contributed by atoms with Crippen molar-refractivity contribution in [3.8, 4) is 23.0 Å². The Morgan fingerprint density at radius 2 is 1.14 bits per heavy atom. The average molecular weight is 302 g/mol. The van der Waals surface area contributed by atoms with Crippen LogP contribution in [0.5, 0.6) is 23.0 Å². The van der Waals surface area contributed by atoms with Crippen molar-refractivity contribution in [3.63, 3.8) is 0 Å². The van der Waals surface area contributed by atoms with Crippen molar-refractivity contribution in [1.29, 1.82) is 0 Å². The van der Waals surface area contributed by atoms with Gasteiger partial charge in [-0.15, -0.1) is 0 Å². The number of phenols is 4. The zero-order valence-corrected chi connectivity index (χ0v) is 10.6. The van der Waals surface area contributed by atoms with Gasteiger partial charge in [-0.25, -0.2) is 0 Å². The smallest absolute Gasteiger partial charge is 0.123 e. The van der Waals surface area contributed by atoms with E-state index in [1.165, 1.54) is 18.2 Å².